The van der Waals surface area contributed by atoms with Gasteiger partial charge in [-0.05, 0) is 57.7 Å². The number of likely N-dealkylation sites (tertiary alicyclic amines) is 1. The molecule has 3 rings (SSSR count). The van der Waals surface area contributed by atoms with Gasteiger partial charge in [0.25, 0.3) is 0 Å². The van der Waals surface area contributed by atoms with Gasteiger partial charge in [-0.15, -0.1) is 0 Å². The smallest absolute Gasteiger partial charge is 0.234 e. The number of nitrogens with zero attached hydrogens (tertiary/aromatic N) is 1. The van der Waals surface area contributed by atoms with E-state index in [4.69, 9.17) is 0 Å². The molecule has 6 heteroatoms. The molecule has 0 bridgehead atoms. The molecule has 1 saturated heterocycles. The van der Waals surface area contributed by atoms with Gasteiger partial charge in [0, 0.05) is 23.6 Å². The van der Waals surface area contributed by atoms with E-state index in [1.807, 2.05) is 0 Å². The molecule has 0 radical (unpaired) electrons. The predicted molar refractivity (Wildman–Crippen MR) is 105 cm³/mol. The van der Waals surface area contributed by atoms with Crippen LogP contribution in [0.2, 0.25) is 0 Å². The fraction of sp³-hybridized carbons (Fsp3) is 0.682. The highest BCUT2D eigenvalue weighted by Gasteiger charge is 2.36. The lowest BCUT2D eigenvalue weighted by Crippen LogP contribution is -2.52. The minimum absolute atomic E-state index is 0.0106. The third-order valence-electron chi connectivity index (χ3n) is 6.27. The second kappa shape index (κ2) is 9.79. The zero-order valence-electron chi connectivity index (χ0n) is 16.7. The van der Waals surface area contributed by atoms with Crippen LogP contribution >= 0.6 is 0 Å². The number of aliphatic hydroxyl groups is 1. The van der Waals surface area contributed by atoms with Crippen molar-refractivity contribution in [1.29, 1.82) is 0 Å². The molecule has 1 aromatic carbocycles. The van der Waals surface area contributed by atoms with E-state index in [9.17, 15) is 18.7 Å². The number of rotatable bonds is 6. The molecular formula is C22H32F2N2O2. The Labute approximate surface area is 166 Å². The summed E-state index contributed by atoms with van der Waals surface area (Å²) >= 11 is 0. The number of piperidine rings is 1. The molecule has 1 aromatic rings. The summed E-state index contributed by atoms with van der Waals surface area (Å²) in [5.41, 5.74) is 0.0106. The number of nitrogens with one attached hydrogen (secondary N) is 1. The summed E-state index contributed by atoms with van der Waals surface area (Å²) in [4.78, 5) is 14.8. The Morgan fingerprint density at radius 2 is 1.86 bits per heavy atom. The fourth-order valence-corrected chi connectivity index (χ4v) is 4.88. The lowest BCUT2D eigenvalue weighted by molar-refractivity contribution is -0.124. The van der Waals surface area contributed by atoms with E-state index in [1.165, 1.54) is 18.2 Å². The highest BCUT2D eigenvalue weighted by Crippen LogP contribution is 2.33. The molecule has 1 saturated carbocycles. The van der Waals surface area contributed by atoms with Crippen LogP contribution in [0.4, 0.5) is 8.78 Å². The van der Waals surface area contributed by atoms with Crippen molar-refractivity contribution in [3.63, 3.8) is 0 Å². The van der Waals surface area contributed by atoms with Crippen LogP contribution in [0.5, 0.6) is 0 Å². The standard InChI is InChI=1S/C22H32F2N2O2/c1-15(13-17-18(23)8-6-9-19(17)24)25-22(28)14-26-12-5-4-10-20(26)16-7-2-3-11-21(16)27/h6,8-9,15-16,20-21,27H,2-5,7,10-14H2,1H3,(H,25,28). The minimum Gasteiger partial charge on any atom is -0.393 e. The van der Waals surface area contributed by atoms with Gasteiger partial charge in [-0.2, -0.15) is 0 Å². The number of aliphatic hydroxyl groups excluding tert-OH is 1. The van der Waals surface area contributed by atoms with E-state index in [2.05, 4.69) is 10.2 Å². The van der Waals surface area contributed by atoms with Crippen molar-refractivity contribution in [3.8, 4) is 0 Å². The maximum Gasteiger partial charge on any atom is 0.234 e. The van der Waals surface area contributed by atoms with Gasteiger partial charge in [-0.1, -0.05) is 25.3 Å². The van der Waals surface area contributed by atoms with Crippen LogP contribution in [0.3, 0.4) is 0 Å². The van der Waals surface area contributed by atoms with Crippen LogP contribution in [0, 0.1) is 17.6 Å². The highest BCUT2D eigenvalue weighted by molar-refractivity contribution is 5.78. The first kappa shape index (κ1) is 21.2. The van der Waals surface area contributed by atoms with Gasteiger partial charge in [0.2, 0.25) is 5.91 Å². The number of benzene rings is 1. The summed E-state index contributed by atoms with van der Waals surface area (Å²) in [6.45, 7) is 2.90. The molecule has 2 N–H and O–H groups in total. The molecule has 28 heavy (non-hydrogen) atoms. The van der Waals surface area contributed by atoms with Crippen molar-refractivity contribution in [2.75, 3.05) is 13.1 Å². The van der Waals surface area contributed by atoms with Crippen LogP contribution in [0.15, 0.2) is 18.2 Å². The Bertz CT molecular complexity index is 650. The fourth-order valence-electron chi connectivity index (χ4n) is 4.88. The molecule has 1 amide bonds. The lowest BCUT2D eigenvalue weighted by Gasteiger charge is -2.43. The molecule has 1 aliphatic carbocycles. The van der Waals surface area contributed by atoms with E-state index in [1.54, 1.807) is 6.92 Å². The quantitative estimate of drug-likeness (QED) is 0.777. The number of halogens is 2. The average molecular weight is 395 g/mol. The first-order valence-corrected chi connectivity index (χ1v) is 10.6. The van der Waals surface area contributed by atoms with Gasteiger partial charge in [-0.3, -0.25) is 9.69 Å². The van der Waals surface area contributed by atoms with Crippen molar-refractivity contribution < 1.29 is 18.7 Å². The first-order valence-electron chi connectivity index (χ1n) is 10.6. The third kappa shape index (κ3) is 5.29. The van der Waals surface area contributed by atoms with Crippen LogP contribution in [-0.4, -0.2) is 47.2 Å². The topological polar surface area (TPSA) is 52.6 Å². The van der Waals surface area contributed by atoms with Crippen LogP contribution in [0.1, 0.15) is 57.4 Å². The van der Waals surface area contributed by atoms with Gasteiger partial charge in [0.15, 0.2) is 0 Å². The van der Waals surface area contributed by atoms with Crippen molar-refractivity contribution in [3.05, 3.63) is 35.4 Å². The van der Waals surface area contributed by atoms with E-state index in [-0.39, 0.29) is 48.5 Å². The summed E-state index contributed by atoms with van der Waals surface area (Å²) in [7, 11) is 0. The molecule has 0 spiro atoms. The van der Waals surface area contributed by atoms with E-state index >= 15 is 0 Å². The largest absolute Gasteiger partial charge is 0.393 e. The van der Waals surface area contributed by atoms with Crippen LogP contribution in [-0.2, 0) is 11.2 Å². The van der Waals surface area contributed by atoms with Crippen LogP contribution in [0.25, 0.3) is 0 Å². The monoisotopic (exact) mass is 394 g/mol. The maximum atomic E-state index is 13.8. The second-order valence-electron chi connectivity index (χ2n) is 8.42. The van der Waals surface area contributed by atoms with E-state index < -0.39 is 11.6 Å². The number of amides is 1. The highest BCUT2D eigenvalue weighted by atomic mass is 19.1. The number of carbonyl (C=O) groups is 1. The molecule has 4 atom stereocenters. The average Bonchev–Trinajstić information content (AvgIpc) is 2.66. The van der Waals surface area contributed by atoms with Crippen molar-refractivity contribution in [1.82, 2.24) is 10.2 Å². The lowest BCUT2D eigenvalue weighted by atomic mass is 9.78. The first-order chi connectivity index (χ1) is 13.5. The molecule has 2 fully saturated rings. The van der Waals surface area contributed by atoms with Crippen LogP contribution < -0.4 is 5.32 Å². The summed E-state index contributed by atoms with van der Waals surface area (Å²) in [5, 5.41) is 13.3. The molecule has 156 valence electrons. The number of hydrogen-bond acceptors (Lipinski definition) is 3. The molecule has 4 unspecified atom stereocenters. The third-order valence-corrected chi connectivity index (χ3v) is 6.27. The maximum absolute atomic E-state index is 13.8. The van der Waals surface area contributed by atoms with Crippen molar-refractivity contribution in [2.24, 2.45) is 5.92 Å². The van der Waals surface area contributed by atoms with Gasteiger partial charge in [0.05, 0.1) is 12.6 Å². The van der Waals surface area contributed by atoms with Gasteiger partial charge >= 0.3 is 0 Å². The SMILES string of the molecule is CC(Cc1c(F)cccc1F)NC(=O)CN1CCCCC1C1CCCCC1O. The van der Waals surface area contributed by atoms with Gasteiger partial charge in [0.1, 0.15) is 11.6 Å². The molecule has 0 aromatic heterocycles. The normalized spacial score (nSPS) is 27.4. The Morgan fingerprint density at radius 3 is 2.57 bits per heavy atom. The Morgan fingerprint density at radius 1 is 1.18 bits per heavy atom. The summed E-state index contributed by atoms with van der Waals surface area (Å²) < 4.78 is 27.7. The molecule has 1 aliphatic heterocycles. The molecule has 1 heterocycles. The Balaban J connectivity index is 1.56. The number of carbonyl (C=O) groups excluding carboxylic acids is 1. The van der Waals surface area contributed by atoms with Crippen molar-refractivity contribution >= 4 is 5.91 Å². The van der Waals surface area contributed by atoms with Gasteiger partial charge < -0.3 is 10.4 Å². The number of hydrogen-bond donors (Lipinski definition) is 2. The minimum atomic E-state index is -0.580. The second-order valence-corrected chi connectivity index (χ2v) is 8.42. The summed E-state index contributed by atoms with van der Waals surface area (Å²) in [5.74, 6) is -1.04. The summed E-state index contributed by atoms with van der Waals surface area (Å²) in [6.07, 6.45) is 7.15. The van der Waals surface area contributed by atoms with E-state index in [0.717, 1.165) is 51.5 Å². The van der Waals surface area contributed by atoms with Crippen molar-refractivity contribution in [2.45, 2.75) is 76.5 Å². The Kier molecular flexibility index (Phi) is 7.41. The zero-order chi connectivity index (χ0) is 20.1. The summed E-state index contributed by atoms with van der Waals surface area (Å²) in [6, 6.07) is 3.70. The van der Waals surface area contributed by atoms with E-state index in [0.29, 0.717) is 0 Å². The molecule has 2 aliphatic rings. The van der Waals surface area contributed by atoms with Gasteiger partial charge in [-0.25, -0.2) is 8.78 Å². The molecule has 4 nitrogen and oxygen atoms in total. The Hall–Kier alpha value is -1.53. The predicted octanol–water partition coefficient (Wildman–Crippen LogP) is 3.42. The zero-order valence-corrected chi connectivity index (χ0v) is 16.7. The molecular weight excluding hydrogens is 362 g/mol.